The van der Waals surface area contributed by atoms with Crippen molar-refractivity contribution in [3.05, 3.63) is 39.0 Å². The van der Waals surface area contributed by atoms with Crippen LogP contribution in [0.1, 0.15) is 6.92 Å². The van der Waals surface area contributed by atoms with E-state index >= 15 is 0 Å². The van der Waals surface area contributed by atoms with E-state index in [-0.39, 0.29) is 10.3 Å². The molecule has 2 rings (SSSR count). The van der Waals surface area contributed by atoms with Crippen LogP contribution in [0.5, 0.6) is 0 Å². The Bertz CT molecular complexity index is 880. The number of hydrogen-bond acceptors (Lipinski definition) is 4. The first-order valence-corrected chi connectivity index (χ1v) is 7.76. The third kappa shape index (κ3) is 2.19. The number of hydrogen-bond donors (Lipinski definition) is 0. The predicted molar refractivity (Wildman–Crippen MR) is 72.2 cm³/mol. The summed E-state index contributed by atoms with van der Waals surface area (Å²) in [5.74, 6) is 0. The number of halogens is 1. The molecule has 1 aromatic carbocycles. The van der Waals surface area contributed by atoms with Crippen molar-refractivity contribution >= 4 is 30.6 Å². The van der Waals surface area contributed by atoms with Gasteiger partial charge in [0.05, 0.1) is 15.8 Å². The molecule has 19 heavy (non-hydrogen) atoms. The lowest BCUT2D eigenvalue weighted by Gasteiger charge is -2.10. The fraction of sp³-hybridized carbons (Fsp3) is 0.273. The zero-order chi connectivity index (χ0) is 14.4. The summed E-state index contributed by atoms with van der Waals surface area (Å²) < 4.78 is 24.9. The lowest BCUT2D eigenvalue weighted by atomic mass is 10.2. The number of aryl methyl sites for hydroxylation is 1. The van der Waals surface area contributed by atoms with Gasteiger partial charge in [0, 0.05) is 24.3 Å². The highest BCUT2D eigenvalue weighted by molar-refractivity contribution is 8.13. The predicted octanol–water partition coefficient (Wildman–Crippen LogP) is 0.648. The van der Waals surface area contributed by atoms with E-state index in [0.717, 1.165) is 4.57 Å². The molecule has 0 aliphatic heterocycles. The van der Waals surface area contributed by atoms with Gasteiger partial charge in [0.25, 0.3) is 14.6 Å². The minimum atomic E-state index is -3.92. The van der Waals surface area contributed by atoms with E-state index < -0.39 is 20.3 Å². The van der Waals surface area contributed by atoms with Gasteiger partial charge < -0.3 is 0 Å². The van der Waals surface area contributed by atoms with Gasteiger partial charge in [-0.3, -0.25) is 13.9 Å². The van der Waals surface area contributed by atoms with Gasteiger partial charge in [-0.15, -0.1) is 0 Å². The zero-order valence-electron chi connectivity index (χ0n) is 10.3. The molecule has 2 aromatic rings. The Morgan fingerprint density at radius 1 is 1.26 bits per heavy atom. The molecular formula is C11H11ClN2O4S. The Morgan fingerprint density at radius 2 is 1.89 bits per heavy atom. The normalized spacial score (nSPS) is 11.9. The highest BCUT2D eigenvalue weighted by Gasteiger charge is 2.15. The molecule has 0 N–H and O–H groups in total. The van der Waals surface area contributed by atoms with Crippen LogP contribution in [0.15, 0.2) is 32.7 Å². The summed E-state index contributed by atoms with van der Waals surface area (Å²) in [4.78, 5) is 23.7. The summed E-state index contributed by atoms with van der Waals surface area (Å²) in [6, 6.07) is 3.87. The van der Waals surface area contributed by atoms with E-state index in [1.165, 1.54) is 29.8 Å². The van der Waals surface area contributed by atoms with Crippen LogP contribution < -0.4 is 11.2 Å². The van der Waals surface area contributed by atoms with Gasteiger partial charge in [0.15, 0.2) is 0 Å². The number of nitrogens with zero attached hydrogens (tertiary/aromatic N) is 2. The van der Waals surface area contributed by atoms with Gasteiger partial charge in [-0.1, -0.05) is 0 Å². The van der Waals surface area contributed by atoms with Gasteiger partial charge in [-0.2, -0.15) is 0 Å². The van der Waals surface area contributed by atoms with E-state index in [1.807, 2.05) is 0 Å². The molecule has 102 valence electrons. The van der Waals surface area contributed by atoms with Crippen LogP contribution >= 0.6 is 10.7 Å². The fourth-order valence-electron chi connectivity index (χ4n) is 1.93. The molecule has 0 amide bonds. The average molecular weight is 303 g/mol. The Morgan fingerprint density at radius 3 is 2.42 bits per heavy atom. The average Bonchev–Trinajstić information content (AvgIpc) is 2.35. The van der Waals surface area contributed by atoms with E-state index in [9.17, 15) is 18.0 Å². The minimum Gasteiger partial charge on any atom is -0.293 e. The van der Waals surface area contributed by atoms with Crippen LogP contribution in [0.2, 0.25) is 0 Å². The Labute approximate surface area is 113 Å². The van der Waals surface area contributed by atoms with Crippen molar-refractivity contribution in [1.82, 2.24) is 9.13 Å². The summed E-state index contributed by atoms with van der Waals surface area (Å²) in [5, 5.41) is 0.144. The number of benzene rings is 1. The second-order valence-corrected chi connectivity index (χ2v) is 6.57. The third-order valence-electron chi connectivity index (χ3n) is 2.91. The standard InChI is InChI=1S/C11H11ClN2O4S/c1-3-14-9-5-4-7(19(12,17)18)6-8(9)10(15)13(2)11(14)16/h4-6H,3H2,1-2H3. The van der Waals surface area contributed by atoms with Gasteiger partial charge in [0.2, 0.25) is 0 Å². The molecule has 1 heterocycles. The van der Waals surface area contributed by atoms with Crippen LogP contribution in [0, 0.1) is 0 Å². The third-order valence-corrected chi connectivity index (χ3v) is 4.26. The van der Waals surface area contributed by atoms with E-state index in [2.05, 4.69) is 0 Å². The van der Waals surface area contributed by atoms with E-state index in [4.69, 9.17) is 10.7 Å². The lowest BCUT2D eigenvalue weighted by molar-refractivity contribution is 0.609. The SMILES string of the molecule is CCn1c(=O)n(C)c(=O)c2cc(S(=O)(=O)Cl)ccc21. The fourth-order valence-corrected chi connectivity index (χ4v) is 2.71. The smallest absolute Gasteiger partial charge is 0.293 e. The van der Waals surface area contributed by atoms with Crippen molar-refractivity contribution in [2.45, 2.75) is 18.4 Å². The maximum Gasteiger partial charge on any atom is 0.331 e. The first kappa shape index (κ1) is 13.8. The summed E-state index contributed by atoms with van der Waals surface area (Å²) in [7, 11) is 2.68. The molecule has 8 heteroatoms. The van der Waals surface area contributed by atoms with Crippen molar-refractivity contribution in [2.24, 2.45) is 7.05 Å². The maximum atomic E-state index is 12.0. The minimum absolute atomic E-state index is 0.144. The van der Waals surface area contributed by atoms with Crippen LogP contribution in [-0.4, -0.2) is 17.6 Å². The molecule has 0 saturated carbocycles. The zero-order valence-corrected chi connectivity index (χ0v) is 11.8. The van der Waals surface area contributed by atoms with Crippen molar-refractivity contribution in [2.75, 3.05) is 0 Å². The second-order valence-electron chi connectivity index (χ2n) is 4.01. The Hall–Kier alpha value is -1.60. The van der Waals surface area contributed by atoms with Crippen LogP contribution in [0.3, 0.4) is 0 Å². The van der Waals surface area contributed by atoms with E-state index in [1.54, 1.807) is 6.92 Å². The van der Waals surface area contributed by atoms with Crippen molar-refractivity contribution < 1.29 is 8.42 Å². The molecule has 0 radical (unpaired) electrons. The van der Waals surface area contributed by atoms with Gasteiger partial charge in [-0.25, -0.2) is 13.2 Å². The summed E-state index contributed by atoms with van der Waals surface area (Å²) in [6.45, 7) is 2.13. The first-order chi connectivity index (χ1) is 8.77. The molecule has 6 nitrogen and oxygen atoms in total. The van der Waals surface area contributed by atoms with Crippen molar-refractivity contribution in [1.29, 1.82) is 0 Å². The maximum absolute atomic E-state index is 12.0. The van der Waals surface area contributed by atoms with E-state index in [0.29, 0.717) is 12.1 Å². The summed E-state index contributed by atoms with van der Waals surface area (Å²) >= 11 is 0. The molecule has 1 aromatic heterocycles. The highest BCUT2D eigenvalue weighted by atomic mass is 35.7. The van der Waals surface area contributed by atoms with Crippen molar-refractivity contribution in [3.8, 4) is 0 Å². The molecular weight excluding hydrogens is 292 g/mol. The Kier molecular flexibility index (Phi) is 3.27. The van der Waals surface area contributed by atoms with Gasteiger partial charge in [-0.05, 0) is 25.1 Å². The molecule has 0 spiro atoms. The molecule has 0 bridgehead atoms. The van der Waals surface area contributed by atoms with Crippen LogP contribution in [0.4, 0.5) is 0 Å². The molecule has 0 fully saturated rings. The lowest BCUT2D eigenvalue weighted by Crippen LogP contribution is -2.37. The largest absolute Gasteiger partial charge is 0.331 e. The van der Waals surface area contributed by atoms with Gasteiger partial charge in [0.1, 0.15) is 0 Å². The molecule has 0 aliphatic rings. The molecule has 0 saturated heterocycles. The first-order valence-electron chi connectivity index (χ1n) is 5.45. The second kappa shape index (κ2) is 4.50. The van der Waals surface area contributed by atoms with Gasteiger partial charge >= 0.3 is 5.69 Å². The topological polar surface area (TPSA) is 78.1 Å². The molecule has 0 unspecified atom stereocenters. The number of aromatic nitrogens is 2. The van der Waals surface area contributed by atoms with Crippen LogP contribution in [0.25, 0.3) is 10.9 Å². The van der Waals surface area contributed by atoms with Crippen LogP contribution in [-0.2, 0) is 22.6 Å². The Balaban J connectivity index is 3.04. The molecule has 0 aliphatic carbocycles. The number of rotatable bonds is 2. The number of fused-ring (bicyclic) bond motifs is 1. The summed E-state index contributed by atoms with van der Waals surface area (Å²) in [5.41, 5.74) is -0.604. The molecule has 0 atom stereocenters. The summed E-state index contributed by atoms with van der Waals surface area (Å²) in [6.07, 6.45) is 0. The monoisotopic (exact) mass is 302 g/mol. The highest BCUT2D eigenvalue weighted by Crippen LogP contribution is 2.18. The quantitative estimate of drug-likeness (QED) is 0.763. The van der Waals surface area contributed by atoms with Crippen molar-refractivity contribution in [3.63, 3.8) is 0 Å².